The fourth-order valence-corrected chi connectivity index (χ4v) is 4.15. The fourth-order valence-electron chi connectivity index (χ4n) is 3.98. The average Bonchev–Trinajstić information content (AvgIpc) is 3.15. The Bertz CT molecular complexity index is 873. The van der Waals surface area contributed by atoms with Gasteiger partial charge in [-0.15, -0.1) is 0 Å². The number of quaternary nitrogens is 1. The van der Waals surface area contributed by atoms with Crippen molar-refractivity contribution in [1.82, 2.24) is 0 Å². The van der Waals surface area contributed by atoms with Crippen molar-refractivity contribution < 1.29 is 23.9 Å². The highest BCUT2D eigenvalue weighted by Gasteiger charge is 2.32. The molecule has 0 saturated carbocycles. The zero-order chi connectivity index (χ0) is 19.5. The Kier molecular flexibility index (Phi) is 5.59. The zero-order valence-corrected chi connectivity index (χ0v) is 16.6. The van der Waals surface area contributed by atoms with Gasteiger partial charge in [-0.25, -0.2) is 0 Å². The van der Waals surface area contributed by atoms with Gasteiger partial charge in [0.25, 0.3) is 5.91 Å². The number of ether oxygens (including phenoxy) is 3. The highest BCUT2D eigenvalue weighted by atomic mass is 35.5. The summed E-state index contributed by atoms with van der Waals surface area (Å²) in [5.74, 6) is 2.13. The SMILES string of the molecule is COc1ccc(Cl)cc1NC(=O)C[NH+]1CCC[C@@H]1c1ccc2c(c1)OCCO2. The van der Waals surface area contributed by atoms with Gasteiger partial charge in [-0.1, -0.05) is 11.6 Å². The van der Waals surface area contributed by atoms with E-state index >= 15 is 0 Å². The maximum absolute atomic E-state index is 12.7. The number of fused-ring (bicyclic) bond motifs is 1. The first kappa shape index (κ1) is 18.9. The average molecular weight is 404 g/mol. The van der Waals surface area contributed by atoms with E-state index in [2.05, 4.69) is 17.4 Å². The summed E-state index contributed by atoms with van der Waals surface area (Å²) in [7, 11) is 1.57. The summed E-state index contributed by atoms with van der Waals surface area (Å²) in [6.07, 6.45) is 2.13. The van der Waals surface area contributed by atoms with Gasteiger partial charge in [0, 0.05) is 23.4 Å². The largest absolute Gasteiger partial charge is 0.495 e. The molecule has 2 atom stereocenters. The molecular formula is C21H24ClN2O4+. The van der Waals surface area contributed by atoms with Crippen LogP contribution in [0.2, 0.25) is 5.02 Å². The van der Waals surface area contributed by atoms with Crippen LogP contribution in [0.4, 0.5) is 5.69 Å². The first-order valence-corrected chi connectivity index (χ1v) is 9.89. The molecule has 2 N–H and O–H groups in total. The number of hydrogen-bond donors (Lipinski definition) is 2. The van der Waals surface area contributed by atoms with E-state index in [0.29, 0.717) is 36.2 Å². The van der Waals surface area contributed by atoms with Crippen LogP contribution in [0.5, 0.6) is 17.2 Å². The van der Waals surface area contributed by atoms with E-state index in [1.54, 1.807) is 25.3 Å². The van der Waals surface area contributed by atoms with Crippen LogP contribution in [0.1, 0.15) is 24.4 Å². The normalized spacial score (nSPS) is 20.6. The Morgan fingerprint density at radius 1 is 1.21 bits per heavy atom. The van der Waals surface area contributed by atoms with Gasteiger partial charge in [-0.05, 0) is 36.4 Å². The van der Waals surface area contributed by atoms with Gasteiger partial charge >= 0.3 is 0 Å². The number of carbonyl (C=O) groups is 1. The van der Waals surface area contributed by atoms with Crippen molar-refractivity contribution in [1.29, 1.82) is 0 Å². The number of carbonyl (C=O) groups excluding carboxylic acids is 1. The van der Waals surface area contributed by atoms with Crippen LogP contribution in [0.15, 0.2) is 36.4 Å². The first-order chi connectivity index (χ1) is 13.6. The second-order valence-electron chi connectivity index (χ2n) is 7.08. The van der Waals surface area contributed by atoms with Gasteiger partial charge < -0.3 is 24.4 Å². The molecule has 2 aliphatic heterocycles. The van der Waals surface area contributed by atoms with E-state index in [-0.39, 0.29) is 11.9 Å². The van der Waals surface area contributed by atoms with Crippen LogP contribution >= 0.6 is 11.6 Å². The van der Waals surface area contributed by atoms with E-state index < -0.39 is 0 Å². The maximum atomic E-state index is 12.7. The smallest absolute Gasteiger partial charge is 0.279 e. The number of nitrogens with one attached hydrogen (secondary N) is 2. The number of amides is 1. The van der Waals surface area contributed by atoms with Crippen LogP contribution in [-0.4, -0.2) is 39.3 Å². The maximum Gasteiger partial charge on any atom is 0.279 e. The molecule has 1 amide bonds. The molecule has 2 aliphatic rings. The van der Waals surface area contributed by atoms with E-state index in [9.17, 15) is 4.79 Å². The van der Waals surface area contributed by atoms with E-state index in [0.717, 1.165) is 30.9 Å². The second-order valence-corrected chi connectivity index (χ2v) is 7.51. The summed E-state index contributed by atoms with van der Waals surface area (Å²) in [5, 5.41) is 3.49. The summed E-state index contributed by atoms with van der Waals surface area (Å²) in [4.78, 5) is 13.9. The Labute approximate surface area is 169 Å². The number of likely N-dealkylation sites (tertiary alicyclic amines) is 1. The van der Waals surface area contributed by atoms with E-state index in [1.165, 1.54) is 10.5 Å². The molecule has 148 valence electrons. The van der Waals surface area contributed by atoms with Crippen LogP contribution in [0.3, 0.4) is 0 Å². The summed E-state index contributed by atoms with van der Waals surface area (Å²) in [6.45, 7) is 2.50. The Hall–Kier alpha value is -2.44. The van der Waals surface area contributed by atoms with Crippen LogP contribution in [0, 0.1) is 0 Å². The van der Waals surface area contributed by atoms with Crippen molar-refractivity contribution in [3.8, 4) is 17.2 Å². The number of methoxy groups -OCH3 is 1. The Balaban J connectivity index is 1.45. The molecule has 0 radical (unpaired) electrons. The van der Waals surface area contributed by atoms with Crippen molar-refractivity contribution in [2.24, 2.45) is 0 Å². The molecule has 1 saturated heterocycles. The van der Waals surface area contributed by atoms with Gasteiger partial charge in [0.05, 0.1) is 19.3 Å². The molecule has 0 aliphatic carbocycles. The lowest BCUT2D eigenvalue weighted by Gasteiger charge is -2.24. The molecule has 7 heteroatoms. The van der Waals surface area contributed by atoms with Crippen molar-refractivity contribution in [2.45, 2.75) is 18.9 Å². The molecule has 1 fully saturated rings. The summed E-state index contributed by atoms with van der Waals surface area (Å²) in [6, 6.07) is 11.6. The topological polar surface area (TPSA) is 61.2 Å². The molecule has 6 nitrogen and oxygen atoms in total. The quantitative estimate of drug-likeness (QED) is 0.805. The second kappa shape index (κ2) is 8.29. The Morgan fingerprint density at radius 2 is 2.04 bits per heavy atom. The molecule has 4 rings (SSSR count). The third-order valence-electron chi connectivity index (χ3n) is 5.28. The van der Waals surface area contributed by atoms with Crippen molar-refractivity contribution in [3.63, 3.8) is 0 Å². The molecule has 2 heterocycles. The predicted octanol–water partition coefficient (Wildman–Crippen LogP) is 2.48. The van der Waals surface area contributed by atoms with Crippen molar-refractivity contribution in [3.05, 3.63) is 47.0 Å². The minimum Gasteiger partial charge on any atom is -0.495 e. The van der Waals surface area contributed by atoms with Gasteiger partial charge in [0.2, 0.25) is 0 Å². The molecule has 28 heavy (non-hydrogen) atoms. The highest BCUT2D eigenvalue weighted by molar-refractivity contribution is 6.31. The molecular weight excluding hydrogens is 380 g/mol. The summed E-state index contributed by atoms with van der Waals surface area (Å²) >= 11 is 6.05. The lowest BCUT2D eigenvalue weighted by Crippen LogP contribution is -3.11. The number of halogens is 1. The molecule has 1 unspecified atom stereocenters. The molecule has 0 bridgehead atoms. The van der Waals surface area contributed by atoms with Crippen molar-refractivity contribution >= 4 is 23.2 Å². The van der Waals surface area contributed by atoms with Crippen LogP contribution in [-0.2, 0) is 4.79 Å². The minimum atomic E-state index is -0.0555. The first-order valence-electron chi connectivity index (χ1n) is 9.51. The monoisotopic (exact) mass is 403 g/mol. The van der Waals surface area contributed by atoms with E-state index in [1.807, 2.05) is 6.07 Å². The number of anilines is 1. The van der Waals surface area contributed by atoms with Gasteiger partial charge in [-0.3, -0.25) is 4.79 Å². The molecule has 0 aromatic heterocycles. The lowest BCUT2D eigenvalue weighted by atomic mass is 10.0. The number of hydrogen-bond acceptors (Lipinski definition) is 4. The van der Waals surface area contributed by atoms with Gasteiger partial charge in [0.1, 0.15) is 25.0 Å². The van der Waals surface area contributed by atoms with Crippen LogP contribution in [0.25, 0.3) is 0 Å². The summed E-state index contributed by atoms with van der Waals surface area (Å²) in [5.41, 5.74) is 1.78. The third-order valence-corrected chi connectivity index (χ3v) is 5.51. The fraction of sp³-hybridized carbons (Fsp3) is 0.381. The lowest BCUT2D eigenvalue weighted by molar-refractivity contribution is -0.910. The zero-order valence-electron chi connectivity index (χ0n) is 15.8. The predicted molar refractivity (Wildman–Crippen MR) is 107 cm³/mol. The molecule has 2 aromatic rings. The highest BCUT2D eigenvalue weighted by Crippen LogP contribution is 2.33. The van der Waals surface area contributed by atoms with Crippen LogP contribution < -0.4 is 24.4 Å². The Morgan fingerprint density at radius 3 is 2.86 bits per heavy atom. The molecule has 0 spiro atoms. The van der Waals surface area contributed by atoms with E-state index in [4.69, 9.17) is 25.8 Å². The minimum absolute atomic E-state index is 0.0555. The third kappa shape index (κ3) is 4.03. The summed E-state index contributed by atoms with van der Waals surface area (Å²) < 4.78 is 16.6. The number of benzene rings is 2. The van der Waals surface area contributed by atoms with Gasteiger partial charge in [-0.2, -0.15) is 0 Å². The van der Waals surface area contributed by atoms with Gasteiger partial charge in [0.15, 0.2) is 18.0 Å². The van der Waals surface area contributed by atoms with Crippen molar-refractivity contribution in [2.75, 3.05) is 38.7 Å². The number of rotatable bonds is 5. The standard InChI is InChI=1S/C21H23ClN2O4/c1-26-18-7-5-15(22)12-16(18)23-21(25)13-24-8-2-3-17(24)14-4-6-19-20(11-14)28-10-9-27-19/h4-7,11-12,17H,2-3,8-10,13H2,1H3,(H,23,25)/p+1/t17-/m1/s1. The molecule has 2 aromatic carbocycles.